The lowest BCUT2D eigenvalue weighted by Crippen LogP contribution is -2.21. The van der Waals surface area contributed by atoms with Crippen LogP contribution in [0.2, 0.25) is 0 Å². The zero-order chi connectivity index (χ0) is 18.1. The number of oxazole rings is 1. The van der Waals surface area contributed by atoms with Gasteiger partial charge in [-0.25, -0.2) is 4.98 Å². The van der Waals surface area contributed by atoms with Crippen molar-refractivity contribution in [2.75, 3.05) is 17.2 Å². The number of carbonyl (C=O) groups excluding carboxylic acids is 2. The van der Waals surface area contributed by atoms with Crippen LogP contribution in [0.25, 0.3) is 11.1 Å². The number of aryl methyl sites for hydroxylation is 2. The van der Waals surface area contributed by atoms with Crippen molar-refractivity contribution in [3.63, 3.8) is 0 Å². The van der Waals surface area contributed by atoms with Crippen molar-refractivity contribution >= 4 is 34.3 Å². The third-order valence-electron chi connectivity index (χ3n) is 4.12. The number of rotatable bonds is 4. The molecule has 2 aromatic carbocycles. The molecule has 2 heterocycles. The summed E-state index contributed by atoms with van der Waals surface area (Å²) in [5.41, 5.74) is 3.81. The SMILES string of the molecule is Cc1nc2cc(NC(=O)COc3ccc4c(c3)CCC(=O)N4)ccc2o1. The maximum absolute atomic E-state index is 12.1. The molecule has 1 aliphatic rings. The van der Waals surface area contributed by atoms with E-state index < -0.39 is 0 Å². The molecule has 2 N–H and O–H groups in total. The first kappa shape index (κ1) is 16.1. The summed E-state index contributed by atoms with van der Waals surface area (Å²) in [5, 5.41) is 5.59. The molecule has 132 valence electrons. The van der Waals surface area contributed by atoms with Gasteiger partial charge in [0.1, 0.15) is 11.3 Å². The van der Waals surface area contributed by atoms with E-state index >= 15 is 0 Å². The van der Waals surface area contributed by atoms with Gasteiger partial charge in [0.05, 0.1) is 0 Å². The Kier molecular flexibility index (Phi) is 4.04. The topological polar surface area (TPSA) is 93.5 Å². The van der Waals surface area contributed by atoms with Crippen LogP contribution in [0.3, 0.4) is 0 Å². The van der Waals surface area contributed by atoms with Crippen molar-refractivity contribution < 1.29 is 18.7 Å². The Hall–Kier alpha value is -3.35. The monoisotopic (exact) mass is 351 g/mol. The van der Waals surface area contributed by atoms with Crippen molar-refractivity contribution in [2.24, 2.45) is 0 Å². The predicted molar refractivity (Wildman–Crippen MR) is 96.3 cm³/mol. The summed E-state index contributed by atoms with van der Waals surface area (Å²) in [5.74, 6) is 0.924. The average Bonchev–Trinajstić information content (AvgIpc) is 2.99. The molecule has 0 saturated heterocycles. The van der Waals surface area contributed by atoms with Gasteiger partial charge in [0.25, 0.3) is 5.91 Å². The number of aromatic nitrogens is 1. The van der Waals surface area contributed by atoms with E-state index in [4.69, 9.17) is 9.15 Å². The second kappa shape index (κ2) is 6.51. The van der Waals surface area contributed by atoms with Gasteiger partial charge in [0.15, 0.2) is 18.1 Å². The number of carbonyl (C=O) groups is 2. The van der Waals surface area contributed by atoms with Crippen LogP contribution in [-0.2, 0) is 16.0 Å². The number of nitrogens with one attached hydrogen (secondary N) is 2. The Balaban J connectivity index is 1.38. The van der Waals surface area contributed by atoms with Crippen molar-refractivity contribution in [1.29, 1.82) is 0 Å². The standard InChI is InChI=1S/C19H17N3O4/c1-11-20-16-9-13(3-6-17(16)26-11)21-19(24)10-25-14-4-5-15-12(8-14)2-7-18(23)22-15/h3-6,8-9H,2,7,10H2,1H3,(H,21,24)(H,22,23). The molecule has 0 spiro atoms. The number of hydrogen-bond acceptors (Lipinski definition) is 5. The summed E-state index contributed by atoms with van der Waals surface area (Å²) in [4.78, 5) is 27.7. The second-order valence-corrected chi connectivity index (χ2v) is 6.12. The molecule has 1 aromatic heterocycles. The summed E-state index contributed by atoms with van der Waals surface area (Å²) in [6.45, 7) is 1.66. The number of benzene rings is 2. The summed E-state index contributed by atoms with van der Waals surface area (Å²) in [6, 6.07) is 10.7. The van der Waals surface area contributed by atoms with Gasteiger partial charge in [-0.15, -0.1) is 0 Å². The highest BCUT2D eigenvalue weighted by atomic mass is 16.5. The van der Waals surface area contributed by atoms with Crippen molar-refractivity contribution in [2.45, 2.75) is 19.8 Å². The number of amides is 2. The van der Waals surface area contributed by atoms with Crippen LogP contribution < -0.4 is 15.4 Å². The highest BCUT2D eigenvalue weighted by Gasteiger charge is 2.15. The normalized spacial score (nSPS) is 13.2. The summed E-state index contributed by atoms with van der Waals surface area (Å²) in [7, 11) is 0. The van der Waals surface area contributed by atoms with Crippen LogP contribution >= 0.6 is 0 Å². The Morgan fingerprint density at radius 2 is 2.15 bits per heavy atom. The molecule has 0 atom stereocenters. The summed E-state index contributed by atoms with van der Waals surface area (Å²) in [6.07, 6.45) is 1.13. The molecule has 7 heteroatoms. The smallest absolute Gasteiger partial charge is 0.262 e. The number of ether oxygens (including phenoxy) is 1. The van der Waals surface area contributed by atoms with Gasteiger partial charge in [0.2, 0.25) is 5.91 Å². The van der Waals surface area contributed by atoms with Crippen LogP contribution in [0.5, 0.6) is 5.75 Å². The van der Waals surface area contributed by atoms with Gasteiger partial charge in [-0.2, -0.15) is 0 Å². The van der Waals surface area contributed by atoms with Crippen LogP contribution in [0.1, 0.15) is 17.9 Å². The average molecular weight is 351 g/mol. The van der Waals surface area contributed by atoms with Gasteiger partial charge in [0, 0.05) is 24.7 Å². The molecule has 0 fully saturated rings. The summed E-state index contributed by atoms with van der Waals surface area (Å²) < 4.78 is 11.0. The largest absolute Gasteiger partial charge is 0.484 e. The fraction of sp³-hybridized carbons (Fsp3) is 0.211. The Bertz CT molecular complexity index is 1010. The molecule has 0 bridgehead atoms. The fourth-order valence-electron chi connectivity index (χ4n) is 2.92. The fourth-order valence-corrected chi connectivity index (χ4v) is 2.92. The molecule has 1 aliphatic heterocycles. The van der Waals surface area contributed by atoms with E-state index in [0.29, 0.717) is 41.3 Å². The van der Waals surface area contributed by atoms with Crippen molar-refractivity contribution in [1.82, 2.24) is 4.98 Å². The number of nitrogens with zero attached hydrogens (tertiary/aromatic N) is 1. The lowest BCUT2D eigenvalue weighted by molar-refractivity contribution is -0.118. The predicted octanol–water partition coefficient (Wildman–Crippen LogP) is 3.04. The number of fused-ring (bicyclic) bond motifs is 2. The maximum Gasteiger partial charge on any atom is 0.262 e. The molecule has 0 aliphatic carbocycles. The van der Waals surface area contributed by atoms with Gasteiger partial charge < -0.3 is 19.8 Å². The maximum atomic E-state index is 12.1. The van der Waals surface area contributed by atoms with Crippen molar-refractivity contribution in [3.8, 4) is 5.75 Å². The third kappa shape index (κ3) is 3.37. The highest BCUT2D eigenvalue weighted by Crippen LogP contribution is 2.27. The van der Waals surface area contributed by atoms with Gasteiger partial charge in [-0.05, 0) is 48.4 Å². The lowest BCUT2D eigenvalue weighted by Gasteiger charge is -2.17. The molecule has 7 nitrogen and oxygen atoms in total. The Morgan fingerprint density at radius 1 is 1.27 bits per heavy atom. The minimum atomic E-state index is -0.268. The number of anilines is 2. The van der Waals surface area contributed by atoms with E-state index in [1.54, 1.807) is 37.3 Å². The van der Waals surface area contributed by atoms with Crippen LogP contribution in [0, 0.1) is 6.92 Å². The molecular weight excluding hydrogens is 334 g/mol. The first-order chi connectivity index (χ1) is 12.6. The molecule has 0 radical (unpaired) electrons. The van der Waals surface area contributed by atoms with Gasteiger partial charge in [-0.1, -0.05) is 0 Å². The van der Waals surface area contributed by atoms with E-state index in [9.17, 15) is 9.59 Å². The zero-order valence-electron chi connectivity index (χ0n) is 14.2. The third-order valence-corrected chi connectivity index (χ3v) is 4.12. The van der Waals surface area contributed by atoms with Gasteiger partial charge in [-0.3, -0.25) is 9.59 Å². The van der Waals surface area contributed by atoms with E-state index in [1.165, 1.54) is 0 Å². The Morgan fingerprint density at radius 3 is 3.04 bits per heavy atom. The van der Waals surface area contributed by atoms with Crippen LogP contribution in [0.4, 0.5) is 11.4 Å². The van der Waals surface area contributed by atoms with Crippen LogP contribution in [0.15, 0.2) is 40.8 Å². The molecular formula is C19H17N3O4. The Labute approximate surface area is 149 Å². The summed E-state index contributed by atoms with van der Waals surface area (Å²) >= 11 is 0. The van der Waals surface area contributed by atoms with E-state index in [2.05, 4.69) is 15.6 Å². The van der Waals surface area contributed by atoms with E-state index in [1.807, 2.05) is 6.07 Å². The van der Waals surface area contributed by atoms with Crippen molar-refractivity contribution in [3.05, 3.63) is 47.9 Å². The zero-order valence-corrected chi connectivity index (χ0v) is 14.2. The highest BCUT2D eigenvalue weighted by molar-refractivity contribution is 5.94. The second-order valence-electron chi connectivity index (χ2n) is 6.12. The molecule has 26 heavy (non-hydrogen) atoms. The molecule has 0 unspecified atom stereocenters. The van der Waals surface area contributed by atoms with E-state index in [0.717, 1.165) is 11.3 Å². The quantitative estimate of drug-likeness (QED) is 0.753. The lowest BCUT2D eigenvalue weighted by atomic mass is 10.0. The minimum absolute atomic E-state index is 0.0184. The minimum Gasteiger partial charge on any atom is -0.484 e. The van der Waals surface area contributed by atoms with Gasteiger partial charge >= 0.3 is 0 Å². The molecule has 3 aromatic rings. The first-order valence-electron chi connectivity index (χ1n) is 8.29. The molecule has 0 saturated carbocycles. The van der Waals surface area contributed by atoms with Crippen LogP contribution in [-0.4, -0.2) is 23.4 Å². The van der Waals surface area contributed by atoms with E-state index in [-0.39, 0.29) is 18.4 Å². The molecule has 4 rings (SSSR count). The molecule has 2 amide bonds. The number of hydrogen-bond donors (Lipinski definition) is 2. The first-order valence-corrected chi connectivity index (χ1v) is 8.29.